The van der Waals surface area contributed by atoms with Gasteiger partial charge in [-0.1, -0.05) is 30.3 Å². The van der Waals surface area contributed by atoms with Gasteiger partial charge in [0.05, 0.1) is 18.9 Å². The van der Waals surface area contributed by atoms with E-state index in [0.29, 0.717) is 11.3 Å². The minimum absolute atomic E-state index is 0.0157. The molecular formula is C26H23F3N4O5. The summed E-state index contributed by atoms with van der Waals surface area (Å²) in [5, 5.41) is 8.54. The summed E-state index contributed by atoms with van der Waals surface area (Å²) in [6, 6.07) is 17.5. The summed E-state index contributed by atoms with van der Waals surface area (Å²) in [6.45, 7) is -0.317. The smallest absolute Gasteiger partial charge is 0.416 e. The Bertz CT molecular complexity index is 1310. The molecule has 0 saturated heterocycles. The van der Waals surface area contributed by atoms with Crippen molar-refractivity contribution < 1.29 is 37.0 Å². The molecular weight excluding hydrogens is 505 g/mol. The summed E-state index contributed by atoms with van der Waals surface area (Å²) in [5.41, 5.74) is 2.47. The monoisotopic (exact) mass is 528 g/mol. The number of amides is 3. The molecule has 0 aromatic heterocycles. The highest BCUT2D eigenvalue weighted by Crippen LogP contribution is 2.30. The molecule has 3 N–H and O–H groups in total. The Morgan fingerprint density at radius 3 is 2.37 bits per heavy atom. The zero-order chi connectivity index (χ0) is 27.5. The van der Waals surface area contributed by atoms with Gasteiger partial charge in [-0.2, -0.15) is 18.3 Å². The number of halogens is 3. The Morgan fingerprint density at radius 2 is 1.66 bits per heavy atom. The first-order chi connectivity index (χ1) is 18.1. The molecule has 3 aromatic rings. The summed E-state index contributed by atoms with van der Waals surface area (Å²) in [7, 11) is 1.54. The lowest BCUT2D eigenvalue weighted by molar-refractivity contribution is -0.139. The molecule has 3 aromatic carbocycles. The second-order valence-electron chi connectivity index (χ2n) is 7.72. The summed E-state index contributed by atoms with van der Waals surface area (Å²) in [5.74, 6) is -1.55. The Morgan fingerprint density at radius 1 is 0.921 bits per heavy atom. The Labute approximate surface area is 215 Å². The quantitative estimate of drug-likeness (QED) is 0.223. The van der Waals surface area contributed by atoms with Crippen molar-refractivity contribution in [3.8, 4) is 11.5 Å². The number of hydrogen-bond donors (Lipinski definition) is 3. The maximum absolute atomic E-state index is 12.8. The van der Waals surface area contributed by atoms with Crippen LogP contribution >= 0.6 is 0 Å². The van der Waals surface area contributed by atoms with Crippen LogP contribution in [0.4, 0.5) is 18.9 Å². The molecule has 0 heterocycles. The fraction of sp³-hybridized carbons (Fsp3) is 0.154. The molecule has 0 unspecified atom stereocenters. The molecule has 198 valence electrons. The highest BCUT2D eigenvalue weighted by molar-refractivity contribution is 6.35. The first kappa shape index (κ1) is 27.7. The zero-order valence-corrected chi connectivity index (χ0v) is 20.0. The minimum atomic E-state index is -4.53. The summed E-state index contributed by atoms with van der Waals surface area (Å²) >= 11 is 0. The van der Waals surface area contributed by atoms with E-state index in [1.54, 1.807) is 42.5 Å². The predicted molar refractivity (Wildman–Crippen MR) is 133 cm³/mol. The average Bonchev–Trinajstić information content (AvgIpc) is 2.90. The number of hydrazone groups is 1. The second-order valence-corrected chi connectivity index (χ2v) is 7.72. The molecule has 12 heteroatoms. The lowest BCUT2D eigenvalue weighted by atomic mass is 10.2. The van der Waals surface area contributed by atoms with Gasteiger partial charge in [0.15, 0.2) is 6.61 Å². The topological polar surface area (TPSA) is 118 Å². The minimum Gasteiger partial charge on any atom is -0.497 e. The number of methoxy groups -OCH3 is 1. The van der Waals surface area contributed by atoms with Crippen molar-refractivity contribution in [3.05, 3.63) is 89.5 Å². The molecule has 3 amide bonds. The number of benzene rings is 3. The molecule has 9 nitrogen and oxygen atoms in total. The van der Waals surface area contributed by atoms with E-state index in [1.807, 2.05) is 0 Å². The van der Waals surface area contributed by atoms with Crippen LogP contribution in [0, 0.1) is 0 Å². The van der Waals surface area contributed by atoms with Crippen molar-refractivity contribution in [2.75, 3.05) is 19.0 Å². The highest BCUT2D eigenvalue weighted by Gasteiger charge is 2.30. The van der Waals surface area contributed by atoms with Crippen molar-refractivity contribution in [3.63, 3.8) is 0 Å². The number of carbonyl (C=O) groups excluding carboxylic acids is 3. The molecule has 0 fully saturated rings. The average molecular weight is 528 g/mol. The fourth-order valence-electron chi connectivity index (χ4n) is 3.03. The van der Waals surface area contributed by atoms with E-state index in [1.165, 1.54) is 31.5 Å². The molecule has 0 aliphatic heterocycles. The largest absolute Gasteiger partial charge is 0.497 e. The van der Waals surface area contributed by atoms with Crippen LogP contribution in [0.3, 0.4) is 0 Å². The van der Waals surface area contributed by atoms with Crippen LogP contribution in [0.2, 0.25) is 0 Å². The molecule has 0 bridgehead atoms. The van der Waals surface area contributed by atoms with E-state index < -0.39 is 36.1 Å². The second kappa shape index (κ2) is 12.9. The molecule has 0 atom stereocenters. The Balaban J connectivity index is 1.45. The third-order valence-corrected chi connectivity index (χ3v) is 4.90. The standard InChI is InChI=1S/C26H23F3N4O5/c1-37-21-10-8-17(9-11-21)14-30-24(35)25(36)33-31-15-18-4-2-7-22(12-18)38-16-23(34)32-20-6-3-5-19(13-20)26(27,28)29/h2-13,15H,14,16H2,1H3,(H,30,35)(H,32,34)(H,33,36)/b31-15-. The predicted octanol–water partition coefficient (Wildman–Crippen LogP) is 3.50. The fourth-order valence-corrected chi connectivity index (χ4v) is 3.03. The van der Waals surface area contributed by atoms with Gasteiger partial charge >= 0.3 is 18.0 Å². The summed E-state index contributed by atoms with van der Waals surface area (Å²) in [6.07, 6.45) is -3.26. The van der Waals surface area contributed by atoms with Crippen LogP contribution in [0.25, 0.3) is 0 Å². The van der Waals surface area contributed by atoms with Crippen molar-refractivity contribution in [1.29, 1.82) is 0 Å². The molecule has 0 aliphatic carbocycles. The first-order valence-electron chi connectivity index (χ1n) is 11.1. The van der Waals surface area contributed by atoms with E-state index in [9.17, 15) is 27.6 Å². The van der Waals surface area contributed by atoms with E-state index in [-0.39, 0.29) is 18.0 Å². The number of alkyl halides is 3. The summed E-state index contributed by atoms with van der Waals surface area (Å²) in [4.78, 5) is 36.0. The third-order valence-electron chi connectivity index (χ3n) is 4.90. The first-order valence-corrected chi connectivity index (χ1v) is 11.1. The van der Waals surface area contributed by atoms with Crippen LogP contribution in [0.15, 0.2) is 77.9 Å². The van der Waals surface area contributed by atoms with Gasteiger partial charge in [-0.3, -0.25) is 14.4 Å². The van der Waals surface area contributed by atoms with Gasteiger partial charge in [-0.15, -0.1) is 0 Å². The van der Waals surface area contributed by atoms with Gasteiger partial charge in [-0.05, 0) is 53.6 Å². The number of nitrogens with one attached hydrogen (secondary N) is 3. The van der Waals surface area contributed by atoms with Gasteiger partial charge in [0.2, 0.25) is 0 Å². The van der Waals surface area contributed by atoms with Gasteiger partial charge in [0.25, 0.3) is 5.91 Å². The third kappa shape index (κ3) is 8.66. The normalized spacial score (nSPS) is 11.1. The van der Waals surface area contributed by atoms with Crippen molar-refractivity contribution >= 4 is 29.6 Å². The molecule has 0 radical (unpaired) electrons. The van der Waals surface area contributed by atoms with Crippen LogP contribution in [-0.2, 0) is 27.1 Å². The maximum Gasteiger partial charge on any atom is 0.416 e. The lowest BCUT2D eigenvalue weighted by Crippen LogP contribution is -2.37. The van der Waals surface area contributed by atoms with Gasteiger partial charge in [0.1, 0.15) is 11.5 Å². The van der Waals surface area contributed by atoms with Gasteiger partial charge < -0.3 is 20.1 Å². The number of ether oxygens (including phenoxy) is 2. The SMILES string of the molecule is COc1ccc(CNC(=O)C(=O)N/N=C\c2cccc(OCC(=O)Nc3cccc(C(F)(F)F)c3)c2)cc1. The molecule has 0 saturated carbocycles. The number of carbonyl (C=O) groups is 3. The maximum atomic E-state index is 12.8. The molecule has 38 heavy (non-hydrogen) atoms. The van der Waals surface area contributed by atoms with Crippen LogP contribution in [-0.4, -0.2) is 37.7 Å². The van der Waals surface area contributed by atoms with Crippen LogP contribution in [0.1, 0.15) is 16.7 Å². The lowest BCUT2D eigenvalue weighted by Gasteiger charge is -2.10. The number of rotatable bonds is 9. The van der Waals surface area contributed by atoms with Crippen molar-refractivity contribution in [2.24, 2.45) is 5.10 Å². The van der Waals surface area contributed by atoms with E-state index in [4.69, 9.17) is 9.47 Å². The highest BCUT2D eigenvalue weighted by atomic mass is 19.4. The molecule has 3 rings (SSSR count). The van der Waals surface area contributed by atoms with Crippen LogP contribution in [0.5, 0.6) is 11.5 Å². The molecule has 0 spiro atoms. The van der Waals surface area contributed by atoms with Gasteiger partial charge in [-0.25, -0.2) is 5.43 Å². The number of nitrogens with zero attached hydrogens (tertiary/aromatic N) is 1. The van der Waals surface area contributed by atoms with E-state index in [0.717, 1.165) is 17.7 Å². The Hall–Kier alpha value is -4.87. The zero-order valence-electron chi connectivity index (χ0n) is 20.0. The Kier molecular flexibility index (Phi) is 9.41. The number of hydrogen-bond acceptors (Lipinski definition) is 6. The van der Waals surface area contributed by atoms with E-state index >= 15 is 0 Å². The van der Waals surface area contributed by atoms with Crippen molar-refractivity contribution in [1.82, 2.24) is 10.7 Å². The van der Waals surface area contributed by atoms with Crippen LogP contribution < -0.4 is 25.5 Å². The number of anilines is 1. The molecule has 0 aliphatic rings. The summed E-state index contributed by atoms with van der Waals surface area (Å²) < 4.78 is 48.9. The van der Waals surface area contributed by atoms with Crippen molar-refractivity contribution in [2.45, 2.75) is 12.7 Å². The van der Waals surface area contributed by atoms with E-state index in [2.05, 4.69) is 21.2 Å². The van der Waals surface area contributed by atoms with Gasteiger partial charge in [0, 0.05) is 12.2 Å².